The van der Waals surface area contributed by atoms with Crippen LogP contribution in [0.1, 0.15) is 35.7 Å². The van der Waals surface area contributed by atoms with Crippen LogP contribution in [-0.4, -0.2) is 28.9 Å². The molecular weight excluding hydrogens is 318 g/mol. The lowest BCUT2D eigenvalue weighted by molar-refractivity contribution is -0.123. The van der Waals surface area contributed by atoms with Gasteiger partial charge in [0.1, 0.15) is 11.5 Å². The number of pyridine rings is 1. The van der Waals surface area contributed by atoms with Gasteiger partial charge in [-0.2, -0.15) is 0 Å². The number of aryl methyl sites for hydroxylation is 1. The number of carbonyl (C=O) groups excluding carboxylic acids is 2. The average molecular weight is 339 g/mol. The van der Waals surface area contributed by atoms with Gasteiger partial charge in [0.25, 0.3) is 5.91 Å². The Bertz CT molecular complexity index is 777. The van der Waals surface area contributed by atoms with E-state index in [0.29, 0.717) is 29.9 Å². The predicted molar refractivity (Wildman–Crippen MR) is 93.6 cm³/mol. The van der Waals surface area contributed by atoms with Gasteiger partial charge in [0.15, 0.2) is 0 Å². The number of hydrogen-bond donors (Lipinski definition) is 2. The largest absolute Gasteiger partial charge is 0.457 e. The van der Waals surface area contributed by atoms with Gasteiger partial charge in [-0.1, -0.05) is 6.07 Å². The first-order valence-electron chi connectivity index (χ1n) is 8.31. The van der Waals surface area contributed by atoms with Crippen LogP contribution >= 0.6 is 0 Å². The number of ether oxygens (including phenoxy) is 1. The lowest BCUT2D eigenvalue weighted by Crippen LogP contribution is -2.53. The molecule has 2 heterocycles. The Hall–Kier alpha value is -2.89. The van der Waals surface area contributed by atoms with Crippen molar-refractivity contribution < 1.29 is 14.3 Å². The Balaban J connectivity index is 1.72. The minimum atomic E-state index is -0.174. The maximum absolute atomic E-state index is 12.6. The molecule has 0 radical (unpaired) electrons. The molecule has 2 N–H and O–H groups in total. The summed E-state index contributed by atoms with van der Waals surface area (Å²) in [5.74, 6) is 1.15. The highest BCUT2D eigenvalue weighted by atomic mass is 16.5. The minimum absolute atomic E-state index is 0.0290. The fourth-order valence-electron chi connectivity index (χ4n) is 2.80. The summed E-state index contributed by atoms with van der Waals surface area (Å²) in [7, 11) is 0. The molecule has 6 heteroatoms. The molecular formula is C19H21N3O3. The monoisotopic (exact) mass is 339 g/mol. The van der Waals surface area contributed by atoms with Crippen LogP contribution in [0.3, 0.4) is 0 Å². The number of aromatic nitrogens is 1. The SMILES string of the molecule is Cc1ccc(C(=O)NC2CCC(=O)NC2C)cc1Oc1ccncc1. The fourth-order valence-corrected chi connectivity index (χ4v) is 2.80. The van der Waals surface area contributed by atoms with Crippen molar-refractivity contribution in [2.75, 3.05) is 0 Å². The van der Waals surface area contributed by atoms with Gasteiger partial charge in [0, 0.05) is 36.5 Å². The van der Waals surface area contributed by atoms with E-state index >= 15 is 0 Å². The highest BCUT2D eigenvalue weighted by Gasteiger charge is 2.26. The quantitative estimate of drug-likeness (QED) is 0.897. The molecule has 1 aromatic carbocycles. The molecule has 25 heavy (non-hydrogen) atoms. The molecule has 2 aromatic rings. The molecule has 1 fully saturated rings. The third-order valence-electron chi connectivity index (χ3n) is 4.32. The third kappa shape index (κ3) is 4.15. The first kappa shape index (κ1) is 17.0. The molecule has 1 aromatic heterocycles. The average Bonchev–Trinajstić information content (AvgIpc) is 2.60. The van der Waals surface area contributed by atoms with Gasteiger partial charge in [0.05, 0.1) is 0 Å². The summed E-state index contributed by atoms with van der Waals surface area (Å²) < 4.78 is 5.85. The summed E-state index contributed by atoms with van der Waals surface area (Å²) >= 11 is 0. The number of hydrogen-bond acceptors (Lipinski definition) is 4. The minimum Gasteiger partial charge on any atom is -0.457 e. The Kier molecular flexibility index (Phi) is 4.97. The van der Waals surface area contributed by atoms with Gasteiger partial charge >= 0.3 is 0 Å². The predicted octanol–water partition coefficient (Wildman–Crippen LogP) is 2.58. The standard InChI is InChI=1S/C19H21N3O3/c1-12-3-4-14(11-17(12)25-15-7-9-20-10-8-15)19(24)22-16-5-6-18(23)21-13(16)2/h3-4,7-11,13,16H,5-6H2,1-2H3,(H,21,23)(H,22,24). The second-order valence-electron chi connectivity index (χ2n) is 6.24. The van der Waals surface area contributed by atoms with E-state index in [2.05, 4.69) is 15.6 Å². The van der Waals surface area contributed by atoms with Gasteiger partial charge in [-0.05, 0) is 50.1 Å². The molecule has 0 bridgehead atoms. The van der Waals surface area contributed by atoms with Crippen LogP contribution in [-0.2, 0) is 4.79 Å². The second kappa shape index (κ2) is 7.34. The van der Waals surface area contributed by atoms with Gasteiger partial charge < -0.3 is 15.4 Å². The molecule has 6 nitrogen and oxygen atoms in total. The number of nitrogens with zero attached hydrogens (tertiary/aromatic N) is 1. The van der Waals surface area contributed by atoms with Crippen molar-refractivity contribution in [1.29, 1.82) is 0 Å². The summed E-state index contributed by atoms with van der Waals surface area (Å²) in [4.78, 5) is 27.9. The summed E-state index contributed by atoms with van der Waals surface area (Å²) in [5, 5.41) is 5.85. The van der Waals surface area contributed by atoms with Crippen molar-refractivity contribution in [3.05, 3.63) is 53.9 Å². The third-order valence-corrected chi connectivity index (χ3v) is 4.32. The van der Waals surface area contributed by atoms with Crippen molar-refractivity contribution >= 4 is 11.8 Å². The molecule has 3 rings (SSSR count). The maximum Gasteiger partial charge on any atom is 0.251 e. The molecule has 1 saturated heterocycles. The van der Waals surface area contributed by atoms with E-state index in [1.54, 1.807) is 36.7 Å². The number of amides is 2. The first-order chi connectivity index (χ1) is 12.0. The van der Waals surface area contributed by atoms with Crippen LogP contribution in [0.4, 0.5) is 0 Å². The van der Waals surface area contributed by atoms with E-state index in [-0.39, 0.29) is 23.9 Å². The highest BCUT2D eigenvalue weighted by molar-refractivity contribution is 5.95. The van der Waals surface area contributed by atoms with Crippen LogP contribution in [0.15, 0.2) is 42.7 Å². The van der Waals surface area contributed by atoms with Crippen molar-refractivity contribution in [2.45, 2.75) is 38.8 Å². The Morgan fingerprint density at radius 2 is 2.04 bits per heavy atom. The van der Waals surface area contributed by atoms with Crippen LogP contribution < -0.4 is 15.4 Å². The second-order valence-corrected chi connectivity index (χ2v) is 6.24. The Morgan fingerprint density at radius 3 is 2.76 bits per heavy atom. The maximum atomic E-state index is 12.6. The van der Waals surface area contributed by atoms with Crippen LogP contribution in [0.2, 0.25) is 0 Å². The van der Waals surface area contributed by atoms with E-state index in [4.69, 9.17) is 4.74 Å². The zero-order chi connectivity index (χ0) is 17.8. The van der Waals surface area contributed by atoms with E-state index < -0.39 is 0 Å². The zero-order valence-electron chi connectivity index (χ0n) is 14.3. The van der Waals surface area contributed by atoms with Crippen molar-refractivity contribution in [3.8, 4) is 11.5 Å². The molecule has 2 amide bonds. The summed E-state index contributed by atoms with van der Waals surface area (Å²) in [6, 6.07) is 8.74. The highest BCUT2D eigenvalue weighted by Crippen LogP contribution is 2.26. The number of piperidine rings is 1. The lowest BCUT2D eigenvalue weighted by atomic mass is 9.99. The topological polar surface area (TPSA) is 80.3 Å². The van der Waals surface area contributed by atoms with E-state index in [0.717, 1.165) is 5.56 Å². The Labute approximate surface area is 146 Å². The molecule has 2 unspecified atom stereocenters. The van der Waals surface area contributed by atoms with E-state index in [1.807, 2.05) is 19.9 Å². The number of rotatable bonds is 4. The van der Waals surface area contributed by atoms with Crippen molar-refractivity contribution in [1.82, 2.24) is 15.6 Å². The summed E-state index contributed by atoms with van der Waals surface area (Å²) in [6.07, 6.45) is 4.38. The molecule has 2 atom stereocenters. The van der Waals surface area contributed by atoms with Gasteiger partial charge in [-0.15, -0.1) is 0 Å². The van der Waals surface area contributed by atoms with Crippen molar-refractivity contribution in [2.24, 2.45) is 0 Å². The first-order valence-corrected chi connectivity index (χ1v) is 8.31. The molecule has 130 valence electrons. The Morgan fingerprint density at radius 1 is 1.28 bits per heavy atom. The van der Waals surface area contributed by atoms with Crippen LogP contribution in [0, 0.1) is 6.92 Å². The lowest BCUT2D eigenvalue weighted by Gasteiger charge is -2.30. The molecule has 0 aliphatic carbocycles. The molecule has 0 spiro atoms. The smallest absolute Gasteiger partial charge is 0.251 e. The normalized spacial score (nSPS) is 19.8. The van der Waals surface area contributed by atoms with Gasteiger partial charge in [-0.25, -0.2) is 0 Å². The summed E-state index contributed by atoms with van der Waals surface area (Å²) in [6.45, 7) is 3.83. The molecule has 0 saturated carbocycles. The van der Waals surface area contributed by atoms with Crippen molar-refractivity contribution in [3.63, 3.8) is 0 Å². The van der Waals surface area contributed by atoms with Gasteiger partial charge in [0.2, 0.25) is 5.91 Å². The van der Waals surface area contributed by atoms with Crippen LogP contribution in [0.5, 0.6) is 11.5 Å². The fraction of sp³-hybridized carbons (Fsp3) is 0.316. The summed E-state index contributed by atoms with van der Waals surface area (Å²) in [5.41, 5.74) is 1.46. The molecule has 1 aliphatic heterocycles. The van der Waals surface area contributed by atoms with E-state index in [1.165, 1.54) is 0 Å². The zero-order valence-corrected chi connectivity index (χ0v) is 14.3. The van der Waals surface area contributed by atoms with Gasteiger partial charge in [-0.3, -0.25) is 14.6 Å². The van der Waals surface area contributed by atoms with Crippen LogP contribution in [0.25, 0.3) is 0 Å². The number of carbonyl (C=O) groups is 2. The number of nitrogens with one attached hydrogen (secondary N) is 2. The molecule has 1 aliphatic rings. The number of benzene rings is 1. The van der Waals surface area contributed by atoms with E-state index in [9.17, 15) is 9.59 Å².